The summed E-state index contributed by atoms with van der Waals surface area (Å²) in [5, 5.41) is 0.779. The molecule has 1 heterocycles. The Labute approximate surface area is 126 Å². The van der Waals surface area contributed by atoms with Crippen molar-refractivity contribution >= 4 is 16.6 Å². The first kappa shape index (κ1) is 15.6. The molecule has 0 radical (unpaired) electrons. The minimum absolute atomic E-state index is 0.143. The maximum absolute atomic E-state index is 12.8. The van der Waals surface area contributed by atoms with Gasteiger partial charge in [-0.3, -0.25) is 4.79 Å². The van der Waals surface area contributed by atoms with E-state index in [4.69, 9.17) is 0 Å². The van der Waals surface area contributed by atoms with Gasteiger partial charge in [-0.15, -0.1) is 0 Å². The van der Waals surface area contributed by atoms with Gasteiger partial charge in [0.1, 0.15) is 0 Å². The smallest absolute Gasteiger partial charge is 0.194 e. The largest absolute Gasteiger partial charge is 0.372 e. The van der Waals surface area contributed by atoms with Crippen molar-refractivity contribution in [3.63, 3.8) is 0 Å². The van der Waals surface area contributed by atoms with Gasteiger partial charge in [0.15, 0.2) is 5.43 Å². The average Bonchev–Trinajstić information content (AvgIpc) is 2.45. The summed E-state index contributed by atoms with van der Waals surface area (Å²) < 4.78 is 0. The first-order valence-corrected chi connectivity index (χ1v) is 7.53. The molecule has 0 amide bonds. The van der Waals surface area contributed by atoms with E-state index in [1.54, 1.807) is 0 Å². The van der Waals surface area contributed by atoms with Gasteiger partial charge in [0.05, 0.1) is 0 Å². The van der Waals surface area contributed by atoms with Crippen LogP contribution in [-0.2, 0) is 6.54 Å². The van der Waals surface area contributed by atoms with Crippen LogP contribution in [0.1, 0.15) is 25.1 Å². The maximum Gasteiger partial charge on any atom is 0.194 e. The van der Waals surface area contributed by atoms with E-state index in [2.05, 4.69) is 29.8 Å². The molecule has 21 heavy (non-hydrogen) atoms. The van der Waals surface area contributed by atoms with E-state index in [0.717, 1.165) is 40.9 Å². The fourth-order valence-electron chi connectivity index (χ4n) is 2.73. The minimum atomic E-state index is 0.143. The fraction of sp³-hybridized carbons (Fsp3) is 0.471. The molecular weight excluding hydrogens is 262 g/mol. The number of aromatic nitrogens is 1. The molecule has 4 heteroatoms. The van der Waals surface area contributed by atoms with Crippen molar-refractivity contribution in [2.45, 2.75) is 27.3 Å². The number of aryl methyl sites for hydroxylation is 1. The number of nitrogens with one attached hydrogen (secondary N) is 1. The van der Waals surface area contributed by atoms with Crippen LogP contribution in [0.5, 0.6) is 0 Å². The molecular formula is C17H25N3O. The number of H-pyrrole nitrogens is 1. The molecule has 0 unspecified atom stereocenters. The zero-order chi connectivity index (χ0) is 15.6. The maximum atomic E-state index is 12.8. The van der Waals surface area contributed by atoms with Crippen LogP contribution in [0.15, 0.2) is 23.0 Å². The quantitative estimate of drug-likeness (QED) is 0.919. The summed E-state index contributed by atoms with van der Waals surface area (Å²) in [6, 6.07) is 6.10. The molecule has 0 aliphatic rings. The van der Waals surface area contributed by atoms with E-state index in [0.29, 0.717) is 6.54 Å². The molecule has 1 aromatic heterocycles. The normalized spacial score (nSPS) is 11.3. The van der Waals surface area contributed by atoms with Crippen LogP contribution < -0.4 is 10.3 Å². The van der Waals surface area contributed by atoms with Crippen LogP contribution in [0, 0.1) is 6.92 Å². The number of fused-ring (bicyclic) bond motifs is 1. The topological polar surface area (TPSA) is 39.3 Å². The molecule has 0 saturated carbocycles. The number of pyridine rings is 1. The molecule has 1 aromatic carbocycles. The first-order chi connectivity index (χ1) is 9.97. The lowest BCUT2D eigenvalue weighted by atomic mass is 10.1. The van der Waals surface area contributed by atoms with E-state index in [1.807, 2.05) is 38.1 Å². The lowest BCUT2D eigenvalue weighted by Crippen LogP contribution is -2.23. The number of benzene rings is 1. The monoisotopic (exact) mass is 287 g/mol. The molecule has 1 N–H and O–H groups in total. The van der Waals surface area contributed by atoms with Crippen molar-refractivity contribution in [2.75, 3.05) is 32.1 Å². The molecule has 114 valence electrons. The Kier molecular flexibility index (Phi) is 4.68. The Morgan fingerprint density at radius 2 is 1.81 bits per heavy atom. The molecule has 0 bridgehead atoms. The van der Waals surface area contributed by atoms with Crippen LogP contribution in [0.3, 0.4) is 0 Å². The van der Waals surface area contributed by atoms with E-state index < -0.39 is 0 Å². The van der Waals surface area contributed by atoms with Gasteiger partial charge in [-0.05, 0) is 53.1 Å². The third kappa shape index (κ3) is 3.10. The lowest BCUT2D eigenvalue weighted by molar-refractivity contribution is 0.400. The molecule has 2 rings (SSSR count). The molecule has 4 nitrogen and oxygen atoms in total. The van der Waals surface area contributed by atoms with Crippen molar-refractivity contribution in [3.8, 4) is 0 Å². The molecule has 0 saturated heterocycles. The number of hydrogen-bond acceptors (Lipinski definition) is 3. The third-order valence-corrected chi connectivity index (χ3v) is 3.90. The zero-order valence-electron chi connectivity index (χ0n) is 13.7. The molecule has 0 atom stereocenters. The van der Waals surface area contributed by atoms with E-state index in [9.17, 15) is 4.79 Å². The third-order valence-electron chi connectivity index (χ3n) is 3.90. The summed E-state index contributed by atoms with van der Waals surface area (Å²) in [4.78, 5) is 20.4. The van der Waals surface area contributed by atoms with Gasteiger partial charge in [-0.2, -0.15) is 0 Å². The second-order valence-corrected chi connectivity index (χ2v) is 5.70. The number of hydrogen-bond donors (Lipinski definition) is 1. The van der Waals surface area contributed by atoms with Gasteiger partial charge in [0.25, 0.3) is 0 Å². The van der Waals surface area contributed by atoms with Gasteiger partial charge in [-0.25, -0.2) is 0 Å². The Balaban J connectivity index is 2.62. The number of rotatable bonds is 5. The first-order valence-electron chi connectivity index (χ1n) is 7.53. The van der Waals surface area contributed by atoms with E-state index in [-0.39, 0.29) is 5.43 Å². The van der Waals surface area contributed by atoms with Crippen molar-refractivity contribution in [3.05, 3.63) is 39.7 Å². The summed E-state index contributed by atoms with van der Waals surface area (Å²) in [5.41, 5.74) is 3.97. The summed E-state index contributed by atoms with van der Waals surface area (Å²) in [7, 11) is 3.96. The van der Waals surface area contributed by atoms with Crippen LogP contribution in [0.2, 0.25) is 0 Å². The number of anilines is 1. The standard InChI is InChI=1S/C17H25N3O/c1-6-20(7-2)13-8-9-16-14(10-13)17(21)15(11-19(4)5)12(3)18-16/h8-10H,6-7,11H2,1-5H3,(H,18,21). The Morgan fingerprint density at radius 1 is 1.14 bits per heavy atom. The highest BCUT2D eigenvalue weighted by molar-refractivity contribution is 5.83. The van der Waals surface area contributed by atoms with Gasteiger partial charge in [0, 0.05) is 47.5 Å². The van der Waals surface area contributed by atoms with Crippen molar-refractivity contribution in [1.29, 1.82) is 0 Å². The van der Waals surface area contributed by atoms with E-state index >= 15 is 0 Å². The predicted molar refractivity (Wildman–Crippen MR) is 90.3 cm³/mol. The Morgan fingerprint density at radius 3 is 2.38 bits per heavy atom. The highest BCUT2D eigenvalue weighted by Crippen LogP contribution is 2.20. The second-order valence-electron chi connectivity index (χ2n) is 5.70. The summed E-state index contributed by atoms with van der Waals surface area (Å²) in [5.74, 6) is 0. The molecule has 2 aromatic rings. The lowest BCUT2D eigenvalue weighted by Gasteiger charge is -2.21. The van der Waals surface area contributed by atoms with Crippen LogP contribution in [0.4, 0.5) is 5.69 Å². The van der Waals surface area contributed by atoms with Gasteiger partial charge in [0.2, 0.25) is 0 Å². The van der Waals surface area contributed by atoms with Crippen LogP contribution in [-0.4, -0.2) is 37.1 Å². The second kappa shape index (κ2) is 6.31. The summed E-state index contributed by atoms with van der Waals surface area (Å²) in [6.07, 6.45) is 0. The highest BCUT2D eigenvalue weighted by atomic mass is 16.1. The summed E-state index contributed by atoms with van der Waals surface area (Å²) >= 11 is 0. The molecule has 0 spiro atoms. The van der Waals surface area contributed by atoms with E-state index in [1.165, 1.54) is 0 Å². The fourth-order valence-corrected chi connectivity index (χ4v) is 2.73. The number of aromatic amines is 1. The van der Waals surface area contributed by atoms with Gasteiger partial charge in [-0.1, -0.05) is 0 Å². The number of nitrogens with zero attached hydrogens (tertiary/aromatic N) is 2. The molecule has 0 aliphatic carbocycles. The van der Waals surface area contributed by atoms with Crippen molar-refractivity contribution in [2.24, 2.45) is 0 Å². The average molecular weight is 287 g/mol. The minimum Gasteiger partial charge on any atom is -0.372 e. The molecule has 0 aliphatic heterocycles. The van der Waals surface area contributed by atoms with Gasteiger partial charge >= 0.3 is 0 Å². The van der Waals surface area contributed by atoms with Crippen LogP contribution in [0.25, 0.3) is 10.9 Å². The van der Waals surface area contributed by atoms with Crippen molar-refractivity contribution in [1.82, 2.24) is 9.88 Å². The predicted octanol–water partition coefficient (Wildman–Crippen LogP) is 2.74. The Bertz CT molecular complexity index is 684. The summed E-state index contributed by atoms with van der Waals surface area (Å²) in [6.45, 7) is 8.77. The molecule has 0 fully saturated rings. The zero-order valence-corrected chi connectivity index (χ0v) is 13.7. The Hall–Kier alpha value is -1.81. The van der Waals surface area contributed by atoms with Crippen molar-refractivity contribution < 1.29 is 0 Å². The van der Waals surface area contributed by atoms with Crippen LogP contribution >= 0.6 is 0 Å². The highest BCUT2D eigenvalue weighted by Gasteiger charge is 2.12. The van der Waals surface area contributed by atoms with Gasteiger partial charge < -0.3 is 14.8 Å². The SMILES string of the molecule is CCN(CC)c1ccc2[nH]c(C)c(CN(C)C)c(=O)c2c1.